The monoisotopic (exact) mass is 994 g/mol. The average molecular weight is 995 g/mol. The van der Waals surface area contributed by atoms with Crippen molar-refractivity contribution in [2.75, 3.05) is 36.8 Å². The van der Waals surface area contributed by atoms with Crippen LogP contribution in [0.3, 0.4) is 0 Å². The van der Waals surface area contributed by atoms with E-state index in [0.29, 0.717) is 0 Å². The normalized spacial score (nSPS) is 12.7. The number of carbonyl (C=O) groups is 8. The molecule has 0 aromatic heterocycles. The van der Waals surface area contributed by atoms with Gasteiger partial charge in [-0.25, -0.2) is 9.59 Å². The van der Waals surface area contributed by atoms with Crippen molar-refractivity contribution in [1.29, 1.82) is 0 Å². The minimum absolute atomic E-state index is 0.0243. The van der Waals surface area contributed by atoms with Gasteiger partial charge in [-0.1, -0.05) is 60.7 Å². The molecule has 1 aliphatic rings. The molecule has 4 aromatic rings. The molecule has 20 heteroatoms. The summed E-state index contributed by atoms with van der Waals surface area (Å²) in [5.74, 6) is -5.17. The quantitative estimate of drug-likeness (QED) is 0.0177. The van der Waals surface area contributed by atoms with E-state index in [4.69, 9.17) is 18.9 Å². The number of carbonyl (C=O) groups excluding carboxylic acids is 8. The lowest BCUT2D eigenvalue weighted by Crippen LogP contribution is -2.49. The number of hydrogen-bond donors (Lipinski definition) is 8. The predicted molar refractivity (Wildman–Crippen MR) is 263 cm³/mol. The zero-order chi connectivity index (χ0) is 52.6. The van der Waals surface area contributed by atoms with Crippen molar-refractivity contribution in [2.24, 2.45) is 0 Å². The molecule has 4 aromatic carbocycles. The summed E-state index contributed by atoms with van der Waals surface area (Å²) in [6.45, 7) is 9.75. The summed E-state index contributed by atoms with van der Waals surface area (Å²) >= 11 is 0. The second-order valence-corrected chi connectivity index (χ2v) is 18.6. The van der Waals surface area contributed by atoms with E-state index in [0.717, 1.165) is 23.3 Å². The summed E-state index contributed by atoms with van der Waals surface area (Å²) in [7, 11) is 0. The van der Waals surface area contributed by atoms with Crippen LogP contribution >= 0.6 is 0 Å². The van der Waals surface area contributed by atoms with Gasteiger partial charge in [0.15, 0.2) is 0 Å². The van der Waals surface area contributed by atoms with Crippen LogP contribution in [0.2, 0.25) is 0 Å². The number of phenolic OH excluding ortho intramolecular Hbond substituents is 2. The van der Waals surface area contributed by atoms with Gasteiger partial charge in [-0.15, -0.1) is 0 Å². The first-order chi connectivity index (χ1) is 34.1. The number of benzene rings is 4. The Bertz CT molecular complexity index is 2430. The maximum atomic E-state index is 14.2. The molecule has 0 bridgehead atoms. The molecule has 0 heterocycles. The lowest BCUT2D eigenvalue weighted by atomic mass is 9.81. The Balaban J connectivity index is 1.25. The van der Waals surface area contributed by atoms with Gasteiger partial charge < -0.3 is 61.1 Å². The Labute approximate surface area is 416 Å². The van der Waals surface area contributed by atoms with Gasteiger partial charge >= 0.3 is 24.1 Å². The van der Waals surface area contributed by atoms with Crippen molar-refractivity contribution in [2.45, 2.75) is 104 Å². The number of amides is 4. The standard InChI is InChI=1S/C52H62N6O14/c1-51(2,3)71-49(67)57-35(19-23-39(61)69-29-31-13-9-7-10-14-31)47(65)55-27-25-53-33-17-18-34(42-41(33)45(63)43-37(59)21-22-38(60)44(43)46(42)64)54-26-28-56-48(66)36(58-50(68)72-52(4,5)6)20-24-40(62)70-30-32-15-11-8-12-16-32/h7-18,21-22,35-36,53-54,59-60H,19-20,23-30H2,1-6H3,(H,55,65)(H,56,66)(H,57,67)(H,58,68)/t35-,36+. The molecular weight excluding hydrogens is 933 g/mol. The second kappa shape index (κ2) is 25.1. The van der Waals surface area contributed by atoms with E-state index in [-0.39, 0.29) is 87.6 Å². The van der Waals surface area contributed by atoms with Crippen LogP contribution in [-0.2, 0) is 51.3 Å². The fourth-order valence-electron chi connectivity index (χ4n) is 7.25. The number of esters is 2. The molecule has 8 N–H and O–H groups in total. The molecule has 4 amide bonds. The van der Waals surface area contributed by atoms with Crippen LogP contribution in [0.1, 0.15) is 110 Å². The molecule has 0 radical (unpaired) electrons. The van der Waals surface area contributed by atoms with Crippen LogP contribution in [-0.4, -0.2) is 107 Å². The van der Waals surface area contributed by atoms with Gasteiger partial charge in [0.05, 0.1) is 22.3 Å². The molecule has 0 unspecified atom stereocenters. The highest BCUT2D eigenvalue weighted by atomic mass is 16.6. The smallest absolute Gasteiger partial charge is 0.408 e. The number of nitrogens with one attached hydrogen (secondary N) is 6. The number of ketones is 2. The topological polar surface area (TPSA) is 286 Å². The fraction of sp³-hybridized carbons (Fsp3) is 0.385. The summed E-state index contributed by atoms with van der Waals surface area (Å²) < 4.78 is 21.4. The third kappa shape index (κ3) is 16.5. The first-order valence-electron chi connectivity index (χ1n) is 23.3. The van der Waals surface area contributed by atoms with E-state index in [1.54, 1.807) is 90.1 Å². The zero-order valence-electron chi connectivity index (χ0n) is 41.1. The van der Waals surface area contributed by atoms with Crippen molar-refractivity contribution in [1.82, 2.24) is 21.3 Å². The molecular formula is C52H62N6O14. The molecule has 0 aliphatic heterocycles. The SMILES string of the molecule is CC(C)(C)OC(=O)N[C@@H](CCC(=O)OCc1ccccc1)C(=O)NCCNc1ccc(NCCNC(=O)[C@@H](CCC(=O)OCc2ccccc2)NC(=O)OC(C)(C)C)c2c1C(=O)c1c(O)ccc(O)c1C2=O. The Morgan fingerprint density at radius 2 is 0.861 bits per heavy atom. The Hall–Kier alpha value is -8.16. The minimum Gasteiger partial charge on any atom is -0.507 e. The number of hydrogen-bond acceptors (Lipinski definition) is 16. The summed E-state index contributed by atoms with van der Waals surface area (Å²) in [6.07, 6.45) is -2.44. The molecule has 5 rings (SSSR count). The van der Waals surface area contributed by atoms with Gasteiger partial charge in [-0.05, 0) is 89.8 Å². The Morgan fingerprint density at radius 1 is 0.500 bits per heavy atom. The number of rotatable bonds is 22. The van der Waals surface area contributed by atoms with Crippen LogP contribution in [0.25, 0.3) is 0 Å². The van der Waals surface area contributed by atoms with E-state index >= 15 is 0 Å². The van der Waals surface area contributed by atoms with Crippen LogP contribution in [0.4, 0.5) is 21.0 Å². The van der Waals surface area contributed by atoms with Crippen molar-refractivity contribution >= 4 is 58.9 Å². The van der Waals surface area contributed by atoms with Crippen molar-refractivity contribution in [3.05, 3.63) is 118 Å². The number of phenols is 2. The minimum atomic E-state index is -1.21. The fourth-order valence-corrected chi connectivity index (χ4v) is 7.25. The third-order valence-electron chi connectivity index (χ3n) is 10.5. The average Bonchev–Trinajstić information content (AvgIpc) is 3.32. The second-order valence-electron chi connectivity index (χ2n) is 18.6. The first kappa shape index (κ1) is 54.8. The van der Waals surface area contributed by atoms with Gasteiger partial charge in [0.25, 0.3) is 0 Å². The van der Waals surface area contributed by atoms with Gasteiger partial charge in [-0.3, -0.25) is 28.8 Å². The summed E-state index contributed by atoms with van der Waals surface area (Å²) in [5.41, 5.74) is -1.11. The molecule has 1 aliphatic carbocycles. The molecule has 0 saturated heterocycles. The van der Waals surface area contributed by atoms with Crippen molar-refractivity contribution < 1.29 is 67.5 Å². The largest absolute Gasteiger partial charge is 0.507 e. The number of alkyl carbamates (subject to hydrolysis) is 2. The molecule has 0 fully saturated rings. The van der Waals surface area contributed by atoms with Crippen molar-refractivity contribution in [3.63, 3.8) is 0 Å². The summed E-state index contributed by atoms with van der Waals surface area (Å²) in [5, 5.41) is 38.0. The van der Waals surface area contributed by atoms with E-state index < -0.39 is 93.4 Å². The van der Waals surface area contributed by atoms with Gasteiger partial charge in [-0.2, -0.15) is 0 Å². The van der Waals surface area contributed by atoms with Gasteiger partial charge in [0, 0.05) is 50.4 Å². The number of aromatic hydroxyl groups is 2. The Kier molecular flexibility index (Phi) is 19.1. The van der Waals surface area contributed by atoms with Crippen LogP contribution in [0, 0.1) is 0 Å². The molecule has 0 spiro atoms. The highest BCUT2D eigenvalue weighted by molar-refractivity contribution is 6.33. The third-order valence-corrected chi connectivity index (χ3v) is 10.5. The highest BCUT2D eigenvalue weighted by Crippen LogP contribution is 2.42. The lowest BCUT2D eigenvalue weighted by Gasteiger charge is -2.25. The lowest BCUT2D eigenvalue weighted by molar-refractivity contribution is -0.146. The maximum absolute atomic E-state index is 14.2. The van der Waals surface area contributed by atoms with Crippen LogP contribution in [0.5, 0.6) is 11.5 Å². The predicted octanol–water partition coefficient (Wildman–Crippen LogP) is 5.76. The molecule has 72 heavy (non-hydrogen) atoms. The van der Waals surface area contributed by atoms with Crippen LogP contribution < -0.4 is 31.9 Å². The van der Waals surface area contributed by atoms with E-state index in [2.05, 4.69) is 31.9 Å². The number of ether oxygens (including phenoxy) is 4. The molecule has 2 atom stereocenters. The highest BCUT2D eigenvalue weighted by Gasteiger charge is 2.38. The number of anilines is 2. The van der Waals surface area contributed by atoms with Gasteiger partial charge in [0.1, 0.15) is 48.0 Å². The number of fused-ring (bicyclic) bond motifs is 2. The molecule has 0 saturated carbocycles. The van der Waals surface area contributed by atoms with Crippen molar-refractivity contribution in [3.8, 4) is 11.5 Å². The van der Waals surface area contributed by atoms with Crippen LogP contribution in [0.15, 0.2) is 84.9 Å². The summed E-state index contributed by atoms with van der Waals surface area (Å²) in [4.78, 5) is 106. The Morgan fingerprint density at radius 3 is 1.21 bits per heavy atom. The first-order valence-corrected chi connectivity index (χ1v) is 23.3. The summed E-state index contributed by atoms with van der Waals surface area (Å²) in [6, 6.07) is 20.8. The molecule has 384 valence electrons. The van der Waals surface area contributed by atoms with E-state index in [9.17, 15) is 48.6 Å². The van der Waals surface area contributed by atoms with E-state index in [1.807, 2.05) is 12.1 Å². The maximum Gasteiger partial charge on any atom is 0.408 e. The van der Waals surface area contributed by atoms with Gasteiger partial charge in [0.2, 0.25) is 23.4 Å². The zero-order valence-corrected chi connectivity index (χ0v) is 41.1. The molecule has 20 nitrogen and oxygen atoms in total. The van der Waals surface area contributed by atoms with E-state index in [1.165, 1.54) is 12.1 Å².